The molecule has 1 N–H and O–H groups in total. The van der Waals surface area contributed by atoms with E-state index in [1.54, 1.807) is 30.3 Å². The van der Waals surface area contributed by atoms with Crippen LogP contribution in [0.2, 0.25) is 0 Å². The van der Waals surface area contributed by atoms with E-state index in [4.69, 9.17) is 4.74 Å². The molecule has 0 saturated heterocycles. The van der Waals surface area contributed by atoms with Crippen molar-refractivity contribution in [2.45, 2.75) is 13.5 Å². The summed E-state index contributed by atoms with van der Waals surface area (Å²) in [5, 5.41) is 2.63. The highest BCUT2D eigenvalue weighted by molar-refractivity contribution is 5.94. The monoisotopic (exact) mass is 299 g/mol. The van der Waals surface area contributed by atoms with Crippen LogP contribution in [0.3, 0.4) is 0 Å². The molecule has 5 heteroatoms. The average Bonchev–Trinajstić information content (AvgIpc) is 2.54. The Bertz CT molecular complexity index is 665. The topological polar surface area (TPSA) is 64.6 Å². The second-order valence-electron chi connectivity index (χ2n) is 4.64. The maximum absolute atomic E-state index is 11.3. The number of anilines is 1. The van der Waals surface area contributed by atoms with Crippen LogP contribution >= 0.6 is 0 Å². The lowest BCUT2D eigenvalue weighted by atomic mass is 10.1. The van der Waals surface area contributed by atoms with E-state index < -0.39 is 6.09 Å². The molecule has 0 heterocycles. The molecule has 2 aromatic rings. The van der Waals surface area contributed by atoms with Crippen molar-refractivity contribution in [1.82, 2.24) is 0 Å². The van der Waals surface area contributed by atoms with E-state index in [1.165, 1.54) is 14.0 Å². The number of para-hydroxylation sites is 1. The van der Waals surface area contributed by atoms with Crippen LogP contribution in [0.25, 0.3) is 0 Å². The lowest BCUT2D eigenvalue weighted by Crippen LogP contribution is -2.13. The molecule has 0 aliphatic rings. The minimum Gasteiger partial charge on any atom is -0.489 e. The van der Waals surface area contributed by atoms with Gasteiger partial charge in [-0.2, -0.15) is 0 Å². The molecule has 0 atom stereocenters. The third-order valence-corrected chi connectivity index (χ3v) is 3.09. The molecule has 0 fully saturated rings. The van der Waals surface area contributed by atoms with Gasteiger partial charge in [0.1, 0.15) is 12.4 Å². The van der Waals surface area contributed by atoms with Gasteiger partial charge in [0.05, 0.1) is 12.8 Å². The molecule has 1 amide bonds. The minimum absolute atomic E-state index is 0.0131. The van der Waals surface area contributed by atoms with Crippen molar-refractivity contribution in [1.29, 1.82) is 0 Å². The van der Waals surface area contributed by atoms with Crippen molar-refractivity contribution >= 4 is 17.6 Å². The minimum atomic E-state index is -0.529. The maximum Gasteiger partial charge on any atom is 0.411 e. The van der Waals surface area contributed by atoms with Crippen LogP contribution in [0.1, 0.15) is 22.8 Å². The second-order valence-corrected chi connectivity index (χ2v) is 4.64. The van der Waals surface area contributed by atoms with Gasteiger partial charge in [-0.05, 0) is 37.3 Å². The quantitative estimate of drug-likeness (QED) is 0.856. The fourth-order valence-electron chi connectivity index (χ4n) is 1.88. The first kappa shape index (κ1) is 15.6. The molecule has 0 radical (unpaired) electrons. The van der Waals surface area contributed by atoms with Gasteiger partial charge in [0.25, 0.3) is 0 Å². The Morgan fingerprint density at radius 3 is 2.36 bits per heavy atom. The zero-order valence-corrected chi connectivity index (χ0v) is 12.5. The lowest BCUT2D eigenvalue weighted by Gasteiger charge is -2.11. The fraction of sp³-hybridized carbons (Fsp3) is 0.176. The highest BCUT2D eigenvalue weighted by Crippen LogP contribution is 2.19. The number of carbonyl (C=O) groups is 2. The van der Waals surface area contributed by atoms with E-state index >= 15 is 0 Å². The predicted molar refractivity (Wildman–Crippen MR) is 83.2 cm³/mol. The molecular formula is C17H17NO4. The highest BCUT2D eigenvalue weighted by Gasteiger charge is 2.07. The van der Waals surface area contributed by atoms with Crippen LogP contribution in [-0.2, 0) is 11.3 Å². The van der Waals surface area contributed by atoms with E-state index in [0.29, 0.717) is 23.6 Å². The van der Waals surface area contributed by atoms with Gasteiger partial charge in [0.15, 0.2) is 5.78 Å². The molecule has 0 aromatic heterocycles. The number of hydrogen-bond donors (Lipinski definition) is 1. The number of benzene rings is 2. The Balaban J connectivity index is 2.05. The molecule has 114 valence electrons. The van der Waals surface area contributed by atoms with Crippen LogP contribution in [0.5, 0.6) is 5.75 Å². The molecule has 5 nitrogen and oxygen atoms in total. The number of Topliss-reactive ketones (excluding diaryl/α,β-unsaturated/α-hetero) is 1. The number of rotatable bonds is 5. The van der Waals surface area contributed by atoms with Gasteiger partial charge >= 0.3 is 6.09 Å². The molecule has 0 saturated carbocycles. The van der Waals surface area contributed by atoms with Gasteiger partial charge < -0.3 is 9.47 Å². The van der Waals surface area contributed by atoms with Crippen molar-refractivity contribution in [2.24, 2.45) is 0 Å². The summed E-state index contributed by atoms with van der Waals surface area (Å²) >= 11 is 0. The molecule has 0 aliphatic heterocycles. The third-order valence-electron chi connectivity index (χ3n) is 3.09. The summed E-state index contributed by atoms with van der Waals surface area (Å²) in [5.41, 5.74) is 2.10. The van der Waals surface area contributed by atoms with Gasteiger partial charge in [-0.1, -0.05) is 18.2 Å². The van der Waals surface area contributed by atoms with E-state index in [-0.39, 0.29) is 5.78 Å². The third kappa shape index (κ3) is 4.09. The Kier molecular flexibility index (Phi) is 5.14. The normalized spacial score (nSPS) is 9.91. The van der Waals surface area contributed by atoms with Gasteiger partial charge in [-0.3, -0.25) is 10.1 Å². The summed E-state index contributed by atoms with van der Waals surface area (Å²) in [6, 6.07) is 14.2. The van der Waals surface area contributed by atoms with Crippen LogP contribution in [0.4, 0.5) is 10.5 Å². The highest BCUT2D eigenvalue weighted by atomic mass is 16.5. The number of amides is 1. The van der Waals surface area contributed by atoms with Crippen molar-refractivity contribution in [2.75, 3.05) is 12.4 Å². The largest absolute Gasteiger partial charge is 0.489 e. The molecule has 0 bridgehead atoms. The molecular weight excluding hydrogens is 282 g/mol. The summed E-state index contributed by atoms with van der Waals surface area (Å²) in [6.45, 7) is 1.81. The summed E-state index contributed by atoms with van der Waals surface area (Å²) in [5.74, 6) is 0.664. The first-order valence-corrected chi connectivity index (χ1v) is 6.77. The Morgan fingerprint density at radius 2 is 1.73 bits per heavy atom. The van der Waals surface area contributed by atoms with Crippen molar-refractivity contribution < 1.29 is 19.1 Å². The van der Waals surface area contributed by atoms with Crippen LogP contribution < -0.4 is 10.1 Å². The van der Waals surface area contributed by atoms with Gasteiger partial charge in [-0.15, -0.1) is 0 Å². The number of hydrogen-bond acceptors (Lipinski definition) is 4. The van der Waals surface area contributed by atoms with E-state index in [1.807, 2.05) is 18.2 Å². The predicted octanol–water partition coefficient (Wildman–Crippen LogP) is 3.65. The Hall–Kier alpha value is -2.82. The Labute approximate surface area is 128 Å². The standard InChI is InChI=1S/C17H17NO4/c1-12(19)13-7-9-15(10-8-13)22-11-14-5-3-4-6-16(14)18-17(20)21-2/h3-10H,11H2,1-2H3,(H,18,20). The number of nitrogens with one attached hydrogen (secondary N) is 1. The number of ketones is 1. The number of ether oxygens (including phenoxy) is 2. The molecule has 0 aliphatic carbocycles. The molecule has 0 unspecified atom stereocenters. The van der Waals surface area contributed by atoms with Gasteiger partial charge in [0, 0.05) is 11.1 Å². The van der Waals surface area contributed by atoms with Crippen molar-refractivity contribution in [3.63, 3.8) is 0 Å². The van der Waals surface area contributed by atoms with Gasteiger partial charge in [-0.25, -0.2) is 4.79 Å². The smallest absolute Gasteiger partial charge is 0.411 e. The second kappa shape index (κ2) is 7.26. The zero-order chi connectivity index (χ0) is 15.9. The van der Waals surface area contributed by atoms with E-state index in [0.717, 1.165) is 5.56 Å². The molecule has 2 rings (SSSR count). The summed E-state index contributed by atoms with van der Waals surface area (Å²) in [7, 11) is 1.31. The number of carbonyl (C=O) groups excluding carboxylic acids is 2. The first-order chi connectivity index (χ1) is 10.6. The first-order valence-electron chi connectivity index (χ1n) is 6.77. The summed E-state index contributed by atoms with van der Waals surface area (Å²) in [6.07, 6.45) is -0.529. The SMILES string of the molecule is COC(=O)Nc1ccccc1COc1ccc(C(C)=O)cc1. The number of methoxy groups -OCH3 is 1. The lowest BCUT2D eigenvalue weighted by molar-refractivity contribution is 0.101. The Morgan fingerprint density at radius 1 is 1.05 bits per heavy atom. The van der Waals surface area contributed by atoms with Crippen LogP contribution in [0.15, 0.2) is 48.5 Å². The van der Waals surface area contributed by atoms with Crippen molar-refractivity contribution in [3.8, 4) is 5.75 Å². The molecule has 0 spiro atoms. The molecule has 22 heavy (non-hydrogen) atoms. The van der Waals surface area contributed by atoms with E-state index in [2.05, 4.69) is 10.1 Å². The van der Waals surface area contributed by atoms with Crippen LogP contribution in [-0.4, -0.2) is 19.0 Å². The zero-order valence-electron chi connectivity index (χ0n) is 12.5. The molecule has 2 aromatic carbocycles. The summed E-state index contributed by atoms with van der Waals surface area (Å²) in [4.78, 5) is 22.5. The fourth-order valence-corrected chi connectivity index (χ4v) is 1.88. The maximum atomic E-state index is 11.3. The van der Waals surface area contributed by atoms with E-state index in [9.17, 15) is 9.59 Å². The van der Waals surface area contributed by atoms with Gasteiger partial charge in [0.2, 0.25) is 0 Å². The van der Waals surface area contributed by atoms with Crippen LogP contribution in [0, 0.1) is 0 Å². The summed E-state index contributed by atoms with van der Waals surface area (Å²) < 4.78 is 10.3. The van der Waals surface area contributed by atoms with Crippen molar-refractivity contribution in [3.05, 3.63) is 59.7 Å². The average molecular weight is 299 g/mol.